The maximum absolute atomic E-state index is 8.69. The van der Waals surface area contributed by atoms with Crippen LogP contribution in [0.15, 0.2) is 0 Å². The maximum Gasteiger partial charge on any atom is 0.0513 e. The molecule has 0 bridgehead atoms. The smallest absolute Gasteiger partial charge is 0.0513 e. The van der Waals surface area contributed by atoms with E-state index in [0.717, 1.165) is 19.6 Å². The lowest BCUT2D eigenvalue weighted by molar-refractivity contribution is 0.0756. The minimum absolute atomic E-state index is 0.216. The van der Waals surface area contributed by atoms with Crippen molar-refractivity contribution in [1.29, 1.82) is 0 Å². The van der Waals surface area contributed by atoms with Crippen LogP contribution in [0.5, 0.6) is 0 Å². The van der Waals surface area contributed by atoms with Crippen molar-refractivity contribution in [3.05, 3.63) is 0 Å². The summed E-state index contributed by atoms with van der Waals surface area (Å²) in [5, 5.41) is 8.69. The molecule has 0 heterocycles. The molecule has 0 aromatic carbocycles. The van der Waals surface area contributed by atoms with Gasteiger partial charge in [-0.25, -0.2) is 0 Å². The number of ether oxygens (including phenoxy) is 1. The Bertz CT molecular complexity index is 96.5. The molecule has 3 nitrogen and oxygen atoms in total. The lowest BCUT2D eigenvalue weighted by Gasteiger charge is -2.11. The quantitative estimate of drug-likeness (QED) is 0.575. The highest BCUT2D eigenvalue weighted by Crippen LogP contribution is 1.94. The first kappa shape index (κ1) is 11.9. The van der Waals surface area contributed by atoms with Crippen molar-refractivity contribution in [2.45, 2.75) is 13.3 Å². The average Bonchev–Trinajstić information content (AvgIpc) is 2.03. The van der Waals surface area contributed by atoms with Gasteiger partial charge in [0.15, 0.2) is 0 Å². The van der Waals surface area contributed by atoms with Crippen molar-refractivity contribution in [2.24, 2.45) is 5.92 Å². The average molecular weight is 175 g/mol. The lowest BCUT2D eigenvalue weighted by Crippen LogP contribution is -2.16. The van der Waals surface area contributed by atoms with Crippen molar-refractivity contribution in [1.82, 2.24) is 4.90 Å². The molecule has 0 fully saturated rings. The molecule has 0 aliphatic rings. The fraction of sp³-hybridized carbons (Fsp3) is 1.00. The summed E-state index contributed by atoms with van der Waals surface area (Å²) in [6, 6.07) is 0. The number of hydrogen-bond donors (Lipinski definition) is 1. The molecule has 0 aliphatic carbocycles. The van der Waals surface area contributed by atoms with Crippen molar-refractivity contribution in [3.8, 4) is 0 Å². The molecule has 0 aromatic heterocycles. The van der Waals surface area contributed by atoms with E-state index in [1.807, 2.05) is 6.92 Å². The van der Waals surface area contributed by atoms with E-state index in [9.17, 15) is 0 Å². The van der Waals surface area contributed by atoms with E-state index < -0.39 is 0 Å². The second kappa shape index (κ2) is 7.53. The zero-order valence-corrected chi connectivity index (χ0v) is 8.42. The topological polar surface area (TPSA) is 32.7 Å². The summed E-state index contributed by atoms with van der Waals surface area (Å²) < 4.78 is 5.35. The Kier molecular flexibility index (Phi) is 7.45. The van der Waals surface area contributed by atoms with Crippen LogP contribution >= 0.6 is 0 Å². The Labute approximate surface area is 75.3 Å². The zero-order valence-electron chi connectivity index (χ0n) is 8.42. The van der Waals surface area contributed by atoms with Gasteiger partial charge < -0.3 is 14.7 Å². The first-order valence-corrected chi connectivity index (χ1v) is 4.50. The molecule has 0 rings (SSSR count). The van der Waals surface area contributed by atoms with Crippen LogP contribution in [0.3, 0.4) is 0 Å². The highest BCUT2D eigenvalue weighted by molar-refractivity contribution is 4.47. The molecule has 0 saturated heterocycles. The van der Waals surface area contributed by atoms with Crippen LogP contribution in [-0.2, 0) is 4.74 Å². The minimum Gasteiger partial charge on any atom is -0.396 e. The van der Waals surface area contributed by atoms with Crippen molar-refractivity contribution < 1.29 is 9.84 Å². The van der Waals surface area contributed by atoms with Crippen molar-refractivity contribution in [3.63, 3.8) is 0 Å². The van der Waals surface area contributed by atoms with Gasteiger partial charge in [-0.1, -0.05) is 6.92 Å². The zero-order chi connectivity index (χ0) is 9.40. The second-order valence-electron chi connectivity index (χ2n) is 3.52. The third-order valence-corrected chi connectivity index (χ3v) is 1.61. The molecule has 0 aromatic rings. The molecule has 0 saturated carbocycles. The largest absolute Gasteiger partial charge is 0.396 e. The monoisotopic (exact) mass is 175 g/mol. The van der Waals surface area contributed by atoms with Crippen LogP contribution in [0.1, 0.15) is 13.3 Å². The van der Waals surface area contributed by atoms with Crippen molar-refractivity contribution in [2.75, 3.05) is 40.5 Å². The van der Waals surface area contributed by atoms with Gasteiger partial charge in [-0.3, -0.25) is 0 Å². The summed E-state index contributed by atoms with van der Waals surface area (Å²) >= 11 is 0. The normalized spacial score (nSPS) is 13.8. The predicted octanol–water partition coefficient (Wildman–Crippen LogP) is 0.583. The van der Waals surface area contributed by atoms with E-state index in [-0.39, 0.29) is 12.5 Å². The summed E-state index contributed by atoms with van der Waals surface area (Å²) in [7, 11) is 4.10. The maximum atomic E-state index is 8.69. The van der Waals surface area contributed by atoms with Gasteiger partial charge in [0.1, 0.15) is 0 Å². The molecule has 0 radical (unpaired) electrons. The molecule has 1 unspecified atom stereocenters. The standard InChI is InChI=1S/C9H21NO2/c1-9(7-11)8-12-6-4-5-10(2)3/h9,11H,4-8H2,1-3H3. The Balaban J connectivity index is 3.00. The van der Waals surface area contributed by atoms with E-state index in [4.69, 9.17) is 9.84 Å². The molecule has 74 valence electrons. The van der Waals surface area contributed by atoms with Crippen LogP contribution in [0, 0.1) is 5.92 Å². The van der Waals surface area contributed by atoms with Gasteiger partial charge in [-0.05, 0) is 27.1 Å². The van der Waals surface area contributed by atoms with Crippen LogP contribution < -0.4 is 0 Å². The van der Waals surface area contributed by atoms with E-state index in [0.29, 0.717) is 6.61 Å². The highest BCUT2D eigenvalue weighted by Gasteiger charge is 1.98. The number of hydrogen-bond acceptors (Lipinski definition) is 3. The Hall–Kier alpha value is -0.120. The molecule has 3 heteroatoms. The van der Waals surface area contributed by atoms with E-state index in [2.05, 4.69) is 19.0 Å². The van der Waals surface area contributed by atoms with Gasteiger partial charge in [-0.2, -0.15) is 0 Å². The van der Waals surface area contributed by atoms with E-state index >= 15 is 0 Å². The summed E-state index contributed by atoms with van der Waals surface area (Å²) in [5.41, 5.74) is 0. The van der Waals surface area contributed by atoms with E-state index in [1.165, 1.54) is 0 Å². The third kappa shape index (κ3) is 7.98. The molecular weight excluding hydrogens is 154 g/mol. The van der Waals surface area contributed by atoms with Gasteiger partial charge in [0.25, 0.3) is 0 Å². The predicted molar refractivity (Wildman–Crippen MR) is 50.2 cm³/mol. The van der Waals surface area contributed by atoms with Crippen LogP contribution in [0.2, 0.25) is 0 Å². The summed E-state index contributed by atoms with van der Waals surface area (Å²) in [6.07, 6.45) is 1.06. The highest BCUT2D eigenvalue weighted by atomic mass is 16.5. The van der Waals surface area contributed by atoms with Crippen LogP contribution in [0.4, 0.5) is 0 Å². The Morgan fingerprint density at radius 1 is 1.42 bits per heavy atom. The SMILES string of the molecule is CC(CO)COCCCN(C)C. The molecule has 1 atom stereocenters. The first-order valence-electron chi connectivity index (χ1n) is 4.50. The molecular formula is C9H21NO2. The third-order valence-electron chi connectivity index (χ3n) is 1.61. The van der Waals surface area contributed by atoms with E-state index in [1.54, 1.807) is 0 Å². The van der Waals surface area contributed by atoms with Crippen molar-refractivity contribution >= 4 is 0 Å². The molecule has 12 heavy (non-hydrogen) atoms. The number of aliphatic hydroxyl groups is 1. The fourth-order valence-corrected chi connectivity index (χ4v) is 0.820. The first-order chi connectivity index (χ1) is 5.66. The molecule has 0 aliphatic heterocycles. The lowest BCUT2D eigenvalue weighted by atomic mass is 10.2. The minimum atomic E-state index is 0.216. The van der Waals surface area contributed by atoms with Gasteiger partial charge in [0.05, 0.1) is 6.61 Å². The number of nitrogens with zero attached hydrogens (tertiary/aromatic N) is 1. The molecule has 0 amide bonds. The van der Waals surface area contributed by atoms with Gasteiger partial charge in [0.2, 0.25) is 0 Å². The number of aliphatic hydroxyl groups excluding tert-OH is 1. The van der Waals surface area contributed by atoms with Crippen LogP contribution in [-0.4, -0.2) is 50.5 Å². The van der Waals surface area contributed by atoms with Gasteiger partial charge in [-0.15, -0.1) is 0 Å². The molecule has 0 spiro atoms. The van der Waals surface area contributed by atoms with Gasteiger partial charge >= 0.3 is 0 Å². The van der Waals surface area contributed by atoms with Gasteiger partial charge in [0, 0.05) is 19.1 Å². The Morgan fingerprint density at radius 2 is 2.08 bits per heavy atom. The Morgan fingerprint density at radius 3 is 2.58 bits per heavy atom. The molecule has 1 N–H and O–H groups in total. The summed E-state index contributed by atoms with van der Waals surface area (Å²) in [4.78, 5) is 2.14. The van der Waals surface area contributed by atoms with Crippen LogP contribution in [0.25, 0.3) is 0 Å². The summed E-state index contributed by atoms with van der Waals surface area (Å²) in [6.45, 7) is 4.72. The second-order valence-corrected chi connectivity index (χ2v) is 3.52. The number of rotatable bonds is 7. The fourth-order valence-electron chi connectivity index (χ4n) is 0.820. The summed E-state index contributed by atoms with van der Waals surface area (Å²) in [5.74, 6) is 0.268.